The van der Waals surface area contributed by atoms with Crippen LogP contribution in [0.2, 0.25) is 0 Å². The molecule has 198 valence electrons. The molecule has 0 radical (unpaired) electrons. The van der Waals surface area contributed by atoms with Crippen LogP contribution in [0.5, 0.6) is 5.75 Å². The molecule has 2 unspecified atom stereocenters. The van der Waals surface area contributed by atoms with Gasteiger partial charge in [-0.1, -0.05) is 109 Å². The van der Waals surface area contributed by atoms with Crippen molar-refractivity contribution in [3.05, 3.63) is 54.1 Å². The van der Waals surface area contributed by atoms with Crippen LogP contribution in [-0.2, 0) is 13.6 Å². The van der Waals surface area contributed by atoms with Crippen molar-refractivity contribution >= 4 is 7.82 Å². The maximum absolute atomic E-state index is 11.9. The summed E-state index contributed by atoms with van der Waals surface area (Å²) >= 11 is 0. The summed E-state index contributed by atoms with van der Waals surface area (Å²) in [5.41, 5.74) is 3.16. The van der Waals surface area contributed by atoms with Crippen LogP contribution < -0.4 is 0 Å². The van der Waals surface area contributed by atoms with Gasteiger partial charge in [0.25, 0.3) is 0 Å². The minimum absolute atomic E-state index is 0.316. The monoisotopic (exact) mass is 506 g/mol. The molecule has 2 rings (SSSR count). The summed E-state index contributed by atoms with van der Waals surface area (Å²) in [6, 6.07) is 15.7. The van der Waals surface area contributed by atoms with Gasteiger partial charge in [-0.15, -0.1) is 0 Å². The number of aromatic hydroxyl groups is 1. The van der Waals surface area contributed by atoms with Crippen LogP contribution >= 0.6 is 7.82 Å². The Morgan fingerprint density at radius 3 is 1.77 bits per heavy atom. The highest BCUT2D eigenvalue weighted by Crippen LogP contribution is 2.44. The summed E-state index contributed by atoms with van der Waals surface area (Å²) in [5, 5.41) is 9.56. The summed E-state index contributed by atoms with van der Waals surface area (Å²) in [6.07, 6.45) is 8.56. The van der Waals surface area contributed by atoms with Gasteiger partial charge in [-0.3, -0.25) is 9.05 Å². The molecule has 2 aromatic carbocycles. The molecule has 2 N–H and O–H groups in total. The van der Waals surface area contributed by atoms with Crippen molar-refractivity contribution < 1.29 is 23.6 Å². The van der Waals surface area contributed by atoms with Crippen LogP contribution in [0.3, 0.4) is 0 Å². The number of hydrogen-bond donors (Lipinski definition) is 2. The fourth-order valence-electron chi connectivity index (χ4n) is 3.79. The van der Waals surface area contributed by atoms with Gasteiger partial charge >= 0.3 is 7.82 Å². The molecule has 0 bridgehead atoms. The number of phenols is 1. The third-order valence-corrected chi connectivity index (χ3v) is 7.37. The van der Waals surface area contributed by atoms with E-state index in [0.29, 0.717) is 30.8 Å². The highest BCUT2D eigenvalue weighted by Gasteiger charge is 2.24. The molecule has 2 atom stereocenters. The molecule has 0 amide bonds. The first-order valence-corrected chi connectivity index (χ1v) is 14.7. The second kappa shape index (κ2) is 17.7. The Hall–Kier alpha value is -1.65. The van der Waals surface area contributed by atoms with Crippen LogP contribution in [0.15, 0.2) is 48.5 Å². The molecule has 0 aliphatic rings. The Kier molecular flexibility index (Phi) is 15.9. The van der Waals surface area contributed by atoms with Crippen molar-refractivity contribution in [1.29, 1.82) is 0 Å². The second-order valence-electron chi connectivity index (χ2n) is 9.21. The normalized spacial score (nSPS) is 14.5. The van der Waals surface area contributed by atoms with Crippen LogP contribution in [-0.4, -0.2) is 23.2 Å². The Morgan fingerprint density at radius 2 is 1.31 bits per heavy atom. The molecular weight excluding hydrogens is 459 g/mol. The smallest absolute Gasteiger partial charge is 0.472 e. The zero-order valence-corrected chi connectivity index (χ0v) is 23.3. The van der Waals surface area contributed by atoms with E-state index in [1.807, 2.05) is 49.4 Å². The average molecular weight is 507 g/mol. The first kappa shape index (κ1) is 31.4. The molecule has 0 saturated carbocycles. The third kappa shape index (κ3) is 12.7. The minimum atomic E-state index is -3.89. The van der Waals surface area contributed by atoms with Crippen molar-refractivity contribution in [3.63, 3.8) is 0 Å². The molecule has 0 fully saturated rings. The predicted molar refractivity (Wildman–Crippen MR) is 147 cm³/mol. The zero-order valence-electron chi connectivity index (χ0n) is 22.4. The van der Waals surface area contributed by atoms with Gasteiger partial charge in [0.05, 0.1) is 13.2 Å². The molecule has 6 heteroatoms. The van der Waals surface area contributed by atoms with Crippen LogP contribution in [0, 0.1) is 18.8 Å². The fraction of sp³-hybridized carbons (Fsp3) is 0.586. The van der Waals surface area contributed by atoms with Gasteiger partial charge < -0.3 is 10.00 Å². The van der Waals surface area contributed by atoms with E-state index in [1.54, 1.807) is 6.07 Å². The molecule has 0 spiro atoms. The number of hydrogen-bond acceptors (Lipinski definition) is 4. The number of phenolic OH excluding ortho intramolecular Hbond substituents is 1. The number of phosphoric acid groups is 1. The van der Waals surface area contributed by atoms with Crippen molar-refractivity contribution in [2.24, 2.45) is 11.8 Å². The molecule has 2 aromatic rings. The lowest BCUT2D eigenvalue weighted by Gasteiger charge is -2.20. The van der Waals surface area contributed by atoms with Gasteiger partial charge in [-0.25, -0.2) is 4.57 Å². The zero-order chi connectivity index (χ0) is 26.1. The number of phosphoric ester groups is 1. The van der Waals surface area contributed by atoms with E-state index in [2.05, 4.69) is 27.7 Å². The second-order valence-corrected chi connectivity index (χ2v) is 10.7. The molecule has 0 aromatic heterocycles. The minimum Gasteiger partial charge on any atom is -0.508 e. The van der Waals surface area contributed by atoms with E-state index < -0.39 is 7.82 Å². The molecular formula is C29H47O5P. The SMILES string of the molecule is CCCCC(CC)COP(=O)(O)OCC(CC)CCCC.Cc1c(O)cccc1-c1ccccc1. The third-order valence-electron chi connectivity index (χ3n) is 6.42. The summed E-state index contributed by atoms with van der Waals surface area (Å²) < 4.78 is 22.2. The lowest BCUT2D eigenvalue weighted by atomic mass is 10.0. The molecule has 0 aliphatic carbocycles. The van der Waals surface area contributed by atoms with E-state index in [9.17, 15) is 14.6 Å². The van der Waals surface area contributed by atoms with Gasteiger partial charge in [-0.2, -0.15) is 0 Å². The van der Waals surface area contributed by atoms with Crippen molar-refractivity contribution in [1.82, 2.24) is 0 Å². The lowest BCUT2D eigenvalue weighted by Crippen LogP contribution is -2.12. The van der Waals surface area contributed by atoms with E-state index in [-0.39, 0.29) is 0 Å². The Bertz CT molecular complexity index is 831. The Morgan fingerprint density at radius 1 is 0.800 bits per heavy atom. The Balaban J connectivity index is 0.000000375. The lowest BCUT2D eigenvalue weighted by molar-refractivity contribution is 0.110. The number of benzene rings is 2. The van der Waals surface area contributed by atoms with Gasteiger partial charge in [0.15, 0.2) is 0 Å². The number of unbranched alkanes of at least 4 members (excludes halogenated alkanes) is 2. The average Bonchev–Trinajstić information content (AvgIpc) is 2.87. The van der Waals surface area contributed by atoms with Gasteiger partial charge in [-0.05, 0) is 54.4 Å². The van der Waals surface area contributed by atoms with Crippen molar-refractivity contribution in [2.75, 3.05) is 13.2 Å². The van der Waals surface area contributed by atoms with Crippen molar-refractivity contribution in [2.45, 2.75) is 86.0 Å². The maximum Gasteiger partial charge on any atom is 0.472 e. The fourth-order valence-corrected chi connectivity index (χ4v) is 4.66. The van der Waals surface area contributed by atoms with Crippen LogP contribution in [0.1, 0.15) is 84.6 Å². The highest BCUT2D eigenvalue weighted by atomic mass is 31.2. The van der Waals surface area contributed by atoms with Gasteiger partial charge in [0, 0.05) is 0 Å². The van der Waals surface area contributed by atoms with E-state index in [1.165, 1.54) is 0 Å². The molecule has 0 aliphatic heterocycles. The topological polar surface area (TPSA) is 76.0 Å². The predicted octanol–water partition coefficient (Wildman–Crippen LogP) is 8.92. The summed E-state index contributed by atoms with van der Waals surface area (Å²) in [7, 11) is -3.89. The standard InChI is InChI=1S/C16H35O4P.C13H12O/c1-5-9-11-15(7-3)13-19-21(17,18)20-14-16(8-4)12-10-6-2;1-10-12(8-5-9-13(10)14)11-6-3-2-4-7-11/h15-16H,5-14H2,1-4H3,(H,17,18);2-9,14H,1H3. The quantitative estimate of drug-likeness (QED) is 0.236. The Labute approximate surface area is 213 Å². The van der Waals surface area contributed by atoms with Gasteiger partial charge in [0.2, 0.25) is 0 Å². The maximum atomic E-state index is 11.9. The summed E-state index contributed by atoms with van der Waals surface area (Å²) in [4.78, 5) is 9.77. The van der Waals surface area contributed by atoms with Crippen molar-refractivity contribution in [3.8, 4) is 16.9 Å². The van der Waals surface area contributed by atoms with E-state index >= 15 is 0 Å². The molecule has 0 heterocycles. The largest absolute Gasteiger partial charge is 0.508 e. The molecule has 35 heavy (non-hydrogen) atoms. The number of rotatable bonds is 15. The van der Waals surface area contributed by atoms with Crippen LogP contribution in [0.25, 0.3) is 11.1 Å². The first-order valence-electron chi connectivity index (χ1n) is 13.2. The molecule has 5 nitrogen and oxygen atoms in total. The first-order chi connectivity index (χ1) is 16.8. The van der Waals surface area contributed by atoms with Crippen LogP contribution in [0.4, 0.5) is 0 Å². The summed E-state index contributed by atoms with van der Waals surface area (Å²) in [5.74, 6) is 1.04. The molecule has 0 saturated heterocycles. The highest BCUT2D eigenvalue weighted by molar-refractivity contribution is 7.47. The summed E-state index contributed by atoms with van der Waals surface area (Å²) in [6.45, 7) is 11.0. The van der Waals surface area contributed by atoms with E-state index in [4.69, 9.17) is 9.05 Å². The van der Waals surface area contributed by atoms with Gasteiger partial charge in [0.1, 0.15) is 5.75 Å². The van der Waals surface area contributed by atoms with E-state index in [0.717, 1.165) is 68.1 Å².